The Kier molecular flexibility index (Phi) is 8.07. The van der Waals surface area contributed by atoms with Gasteiger partial charge < -0.3 is 10.2 Å². The molecule has 0 saturated heterocycles. The van der Waals surface area contributed by atoms with Crippen LogP contribution in [0.15, 0.2) is 18.2 Å². The van der Waals surface area contributed by atoms with Crippen LogP contribution in [0.2, 0.25) is 10.0 Å². The van der Waals surface area contributed by atoms with E-state index in [-0.39, 0.29) is 5.41 Å². The summed E-state index contributed by atoms with van der Waals surface area (Å²) in [5, 5.41) is 5.24. The van der Waals surface area contributed by atoms with Crippen molar-refractivity contribution in [3.8, 4) is 0 Å². The molecule has 0 bridgehead atoms. The molecule has 4 heteroatoms. The Balaban J connectivity index is 2.08. The second-order valence-corrected chi connectivity index (χ2v) is 9.10. The summed E-state index contributed by atoms with van der Waals surface area (Å²) in [7, 11) is 4.28. The molecule has 0 heterocycles. The maximum Gasteiger partial charge on any atom is 0.0595 e. The van der Waals surface area contributed by atoms with Crippen LogP contribution in [0.1, 0.15) is 57.9 Å². The average molecular weight is 385 g/mol. The van der Waals surface area contributed by atoms with Crippen LogP contribution < -0.4 is 5.32 Å². The monoisotopic (exact) mass is 384 g/mol. The largest absolute Gasteiger partial charge is 0.313 e. The van der Waals surface area contributed by atoms with E-state index in [4.69, 9.17) is 23.2 Å². The molecule has 2 nitrogen and oxygen atoms in total. The third-order valence-corrected chi connectivity index (χ3v) is 6.28. The van der Waals surface area contributed by atoms with E-state index in [9.17, 15) is 0 Å². The molecule has 0 aliphatic heterocycles. The highest BCUT2D eigenvalue weighted by Gasteiger charge is 2.45. The minimum Gasteiger partial charge on any atom is -0.313 e. The molecule has 1 aromatic rings. The van der Waals surface area contributed by atoms with Crippen molar-refractivity contribution < 1.29 is 0 Å². The number of nitrogens with zero attached hydrogens (tertiary/aromatic N) is 1. The summed E-state index contributed by atoms with van der Waals surface area (Å²) in [6.07, 6.45) is 7.46. The van der Waals surface area contributed by atoms with Gasteiger partial charge in [0.1, 0.15) is 0 Å². The molecule has 0 amide bonds. The lowest BCUT2D eigenvalue weighted by Gasteiger charge is -2.49. The van der Waals surface area contributed by atoms with E-state index in [1.165, 1.54) is 44.1 Å². The fourth-order valence-electron chi connectivity index (χ4n) is 4.01. The first-order chi connectivity index (χ1) is 11.8. The van der Waals surface area contributed by atoms with Gasteiger partial charge in [-0.3, -0.25) is 0 Å². The topological polar surface area (TPSA) is 15.3 Å². The number of unbranched alkanes of at least 4 members (excludes halogenated alkanes) is 1. The maximum atomic E-state index is 6.33. The van der Waals surface area contributed by atoms with Crippen LogP contribution in [0.5, 0.6) is 0 Å². The molecule has 2 rings (SSSR count). The predicted octanol–water partition coefficient (Wildman–Crippen LogP) is 5.76. The lowest BCUT2D eigenvalue weighted by Crippen LogP contribution is -2.53. The number of benzene rings is 1. The summed E-state index contributed by atoms with van der Waals surface area (Å²) < 4.78 is 0. The molecule has 25 heavy (non-hydrogen) atoms. The van der Waals surface area contributed by atoms with Crippen LogP contribution >= 0.6 is 23.2 Å². The van der Waals surface area contributed by atoms with E-state index in [0.29, 0.717) is 22.0 Å². The van der Waals surface area contributed by atoms with E-state index in [0.717, 1.165) is 13.1 Å². The SMILES string of the molecule is CC(C)CC(NCCCCN(C)C)C1(c2ccc(Cl)c(Cl)c2)CCC1. The van der Waals surface area contributed by atoms with Crippen molar-refractivity contribution in [1.29, 1.82) is 0 Å². The zero-order valence-electron chi connectivity index (χ0n) is 16.2. The fraction of sp³-hybridized carbons (Fsp3) is 0.714. The molecule has 1 atom stereocenters. The van der Waals surface area contributed by atoms with E-state index in [1.807, 2.05) is 6.07 Å². The predicted molar refractivity (Wildman–Crippen MR) is 111 cm³/mol. The van der Waals surface area contributed by atoms with E-state index >= 15 is 0 Å². The number of halogens is 2. The van der Waals surface area contributed by atoms with Gasteiger partial charge in [0, 0.05) is 11.5 Å². The second-order valence-electron chi connectivity index (χ2n) is 8.29. The van der Waals surface area contributed by atoms with Gasteiger partial charge >= 0.3 is 0 Å². The highest BCUT2D eigenvalue weighted by atomic mass is 35.5. The highest BCUT2D eigenvalue weighted by molar-refractivity contribution is 6.42. The summed E-state index contributed by atoms with van der Waals surface area (Å²) in [5.41, 5.74) is 1.58. The van der Waals surface area contributed by atoms with Crippen LogP contribution in [0.25, 0.3) is 0 Å². The molecule has 0 radical (unpaired) electrons. The minimum absolute atomic E-state index is 0.222. The van der Waals surface area contributed by atoms with Crippen molar-refractivity contribution in [2.45, 2.75) is 63.8 Å². The van der Waals surface area contributed by atoms with Crippen molar-refractivity contribution in [2.24, 2.45) is 5.92 Å². The zero-order chi connectivity index (χ0) is 18.4. The molecular formula is C21H34Cl2N2. The Labute approximate surface area is 164 Å². The summed E-state index contributed by atoms with van der Waals surface area (Å²) in [6, 6.07) is 6.76. The van der Waals surface area contributed by atoms with Gasteiger partial charge in [0.2, 0.25) is 0 Å². The molecule has 1 aromatic carbocycles. The van der Waals surface area contributed by atoms with Crippen molar-refractivity contribution in [3.05, 3.63) is 33.8 Å². The van der Waals surface area contributed by atoms with Gasteiger partial charge in [-0.25, -0.2) is 0 Å². The van der Waals surface area contributed by atoms with Crippen LogP contribution in [-0.4, -0.2) is 38.1 Å². The molecule has 1 N–H and O–H groups in total. The summed E-state index contributed by atoms with van der Waals surface area (Å²) >= 11 is 12.5. The quantitative estimate of drug-likeness (QED) is 0.515. The summed E-state index contributed by atoms with van der Waals surface area (Å²) in [5.74, 6) is 0.680. The van der Waals surface area contributed by atoms with Gasteiger partial charge in [0.15, 0.2) is 0 Å². The van der Waals surface area contributed by atoms with Gasteiger partial charge in [-0.05, 0) is 82.9 Å². The lowest BCUT2D eigenvalue weighted by atomic mass is 9.59. The summed E-state index contributed by atoms with van der Waals surface area (Å²) in [4.78, 5) is 2.26. The van der Waals surface area contributed by atoms with E-state index in [1.54, 1.807) is 0 Å². The van der Waals surface area contributed by atoms with Gasteiger partial charge in [0.05, 0.1) is 10.0 Å². The first-order valence-corrected chi connectivity index (χ1v) is 10.4. The van der Waals surface area contributed by atoms with Crippen molar-refractivity contribution in [3.63, 3.8) is 0 Å². The van der Waals surface area contributed by atoms with Gasteiger partial charge in [-0.2, -0.15) is 0 Å². The van der Waals surface area contributed by atoms with Crippen molar-refractivity contribution in [1.82, 2.24) is 10.2 Å². The van der Waals surface area contributed by atoms with Gasteiger partial charge in [-0.1, -0.05) is 49.5 Å². The molecule has 1 aliphatic carbocycles. The second kappa shape index (κ2) is 9.60. The normalized spacial score (nSPS) is 17.8. The Bertz CT molecular complexity index is 539. The molecule has 1 saturated carbocycles. The third-order valence-electron chi connectivity index (χ3n) is 5.54. The Morgan fingerprint density at radius 2 is 1.84 bits per heavy atom. The van der Waals surface area contributed by atoms with Crippen LogP contribution in [-0.2, 0) is 5.41 Å². The van der Waals surface area contributed by atoms with Gasteiger partial charge in [0.25, 0.3) is 0 Å². The number of hydrogen-bond acceptors (Lipinski definition) is 2. The molecule has 0 aromatic heterocycles. The van der Waals surface area contributed by atoms with Crippen molar-refractivity contribution in [2.75, 3.05) is 27.2 Å². The standard InChI is InChI=1S/C21H34Cl2N2/c1-16(2)14-20(24-12-5-6-13-25(3)4)21(10-7-11-21)17-8-9-18(22)19(23)15-17/h8-9,15-16,20,24H,5-7,10-14H2,1-4H3. The van der Waals surface area contributed by atoms with Gasteiger partial charge in [-0.15, -0.1) is 0 Å². The average Bonchev–Trinajstić information content (AvgIpc) is 2.48. The number of nitrogens with one attached hydrogen (secondary N) is 1. The third kappa shape index (κ3) is 5.60. The highest BCUT2D eigenvalue weighted by Crippen LogP contribution is 2.49. The fourth-order valence-corrected chi connectivity index (χ4v) is 4.30. The zero-order valence-corrected chi connectivity index (χ0v) is 17.8. The Hall–Kier alpha value is -0.280. The maximum absolute atomic E-state index is 6.33. The molecule has 142 valence electrons. The first kappa shape index (κ1) is 21.0. The van der Waals surface area contributed by atoms with Crippen LogP contribution in [0.4, 0.5) is 0 Å². The Morgan fingerprint density at radius 1 is 1.12 bits per heavy atom. The summed E-state index contributed by atoms with van der Waals surface area (Å²) in [6.45, 7) is 6.90. The first-order valence-electron chi connectivity index (χ1n) is 9.69. The number of rotatable bonds is 10. The van der Waals surface area contributed by atoms with Crippen LogP contribution in [0.3, 0.4) is 0 Å². The lowest BCUT2D eigenvalue weighted by molar-refractivity contribution is 0.150. The molecule has 1 unspecified atom stereocenters. The Morgan fingerprint density at radius 3 is 2.36 bits per heavy atom. The molecule has 1 fully saturated rings. The molecular weight excluding hydrogens is 351 g/mol. The molecule has 0 spiro atoms. The number of hydrogen-bond donors (Lipinski definition) is 1. The molecule has 1 aliphatic rings. The smallest absolute Gasteiger partial charge is 0.0595 e. The van der Waals surface area contributed by atoms with E-state index < -0.39 is 0 Å². The van der Waals surface area contributed by atoms with E-state index in [2.05, 4.69) is 50.3 Å². The van der Waals surface area contributed by atoms with Crippen molar-refractivity contribution >= 4 is 23.2 Å². The minimum atomic E-state index is 0.222. The van der Waals surface area contributed by atoms with Crippen LogP contribution in [0, 0.1) is 5.92 Å².